The van der Waals surface area contributed by atoms with Gasteiger partial charge in [0, 0.05) is 30.5 Å². The summed E-state index contributed by atoms with van der Waals surface area (Å²) in [5.41, 5.74) is 1.84. The van der Waals surface area contributed by atoms with Crippen molar-refractivity contribution in [2.45, 2.75) is 45.9 Å². The number of rotatable bonds is 4. The average molecular weight is 326 g/mol. The van der Waals surface area contributed by atoms with Crippen molar-refractivity contribution in [2.75, 3.05) is 13.2 Å². The van der Waals surface area contributed by atoms with Gasteiger partial charge in [0.15, 0.2) is 5.96 Å². The molecule has 128 valence electrons. The number of hydrogen-bond acceptors (Lipinski definition) is 3. The molecule has 0 amide bonds. The Labute approximate surface area is 144 Å². The lowest BCUT2D eigenvalue weighted by Crippen LogP contribution is -2.67. The molecule has 1 aromatic carbocycles. The van der Waals surface area contributed by atoms with E-state index in [0.717, 1.165) is 31.1 Å². The van der Waals surface area contributed by atoms with E-state index in [1.807, 2.05) is 24.3 Å². The number of nitrogens with one attached hydrogen (secondary N) is 2. The van der Waals surface area contributed by atoms with Gasteiger partial charge in [-0.25, -0.2) is 4.99 Å². The third kappa shape index (κ3) is 3.11. The molecular weight excluding hydrogens is 300 g/mol. The minimum Gasteiger partial charge on any atom is -0.377 e. The zero-order valence-corrected chi connectivity index (χ0v) is 14.7. The summed E-state index contributed by atoms with van der Waals surface area (Å²) in [5.74, 6) is 1.41. The molecule has 2 aliphatic rings. The van der Waals surface area contributed by atoms with Crippen LogP contribution in [0.5, 0.6) is 0 Å². The van der Waals surface area contributed by atoms with Crippen LogP contribution in [0.25, 0.3) is 0 Å². The Hall–Kier alpha value is -2.06. The molecule has 0 bridgehead atoms. The highest BCUT2D eigenvalue weighted by Gasteiger charge is 2.59. The average Bonchev–Trinajstić information content (AvgIpc) is 3.04. The molecule has 5 nitrogen and oxygen atoms in total. The van der Waals surface area contributed by atoms with E-state index in [2.05, 4.69) is 37.5 Å². The van der Waals surface area contributed by atoms with Gasteiger partial charge >= 0.3 is 0 Å². The van der Waals surface area contributed by atoms with Gasteiger partial charge in [-0.3, -0.25) is 0 Å². The number of benzene rings is 1. The molecule has 1 saturated carbocycles. The van der Waals surface area contributed by atoms with Gasteiger partial charge < -0.3 is 15.4 Å². The third-order valence-electron chi connectivity index (χ3n) is 5.21. The standard InChI is InChI=1S/C19H26N4O/c1-4-21-18(22-12-14-7-5-6-13(10-14)11-20)23-16-15-8-9-24-17(15)19(16,2)3/h5-7,10,15-17H,4,8-9,12H2,1-3H3,(H2,21,22,23). The van der Waals surface area contributed by atoms with Crippen LogP contribution in [0, 0.1) is 22.7 Å². The maximum absolute atomic E-state index is 9.00. The Morgan fingerprint density at radius 3 is 3.04 bits per heavy atom. The first-order chi connectivity index (χ1) is 11.6. The van der Waals surface area contributed by atoms with Crippen LogP contribution in [0.15, 0.2) is 29.3 Å². The summed E-state index contributed by atoms with van der Waals surface area (Å²) < 4.78 is 5.86. The molecule has 5 heteroatoms. The number of ether oxygens (including phenoxy) is 1. The fourth-order valence-electron chi connectivity index (χ4n) is 3.99. The molecule has 1 saturated heterocycles. The molecule has 3 unspecified atom stereocenters. The number of nitriles is 1. The number of hydrogen-bond donors (Lipinski definition) is 2. The van der Waals surface area contributed by atoms with Gasteiger partial charge in [-0.1, -0.05) is 26.0 Å². The highest BCUT2D eigenvalue weighted by atomic mass is 16.5. The number of guanidine groups is 1. The largest absolute Gasteiger partial charge is 0.377 e. The van der Waals surface area contributed by atoms with Gasteiger partial charge in [0.25, 0.3) is 0 Å². The maximum atomic E-state index is 9.00. The highest BCUT2D eigenvalue weighted by Crippen LogP contribution is 2.52. The molecule has 1 aliphatic heterocycles. The van der Waals surface area contributed by atoms with Crippen LogP contribution in [0.4, 0.5) is 0 Å². The van der Waals surface area contributed by atoms with E-state index in [1.54, 1.807) is 0 Å². The molecule has 3 rings (SSSR count). The van der Waals surface area contributed by atoms with Crippen LogP contribution in [-0.2, 0) is 11.3 Å². The van der Waals surface area contributed by atoms with Crippen molar-refractivity contribution in [1.82, 2.24) is 10.6 Å². The summed E-state index contributed by atoms with van der Waals surface area (Å²) in [4.78, 5) is 4.70. The molecule has 24 heavy (non-hydrogen) atoms. The van der Waals surface area contributed by atoms with Crippen molar-refractivity contribution in [3.63, 3.8) is 0 Å². The number of aliphatic imine (C=N–C) groups is 1. The molecule has 0 radical (unpaired) electrons. The molecule has 2 fully saturated rings. The Balaban J connectivity index is 1.69. The van der Waals surface area contributed by atoms with Crippen molar-refractivity contribution in [1.29, 1.82) is 5.26 Å². The lowest BCUT2D eigenvalue weighted by molar-refractivity contribution is -0.106. The van der Waals surface area contributed by atoms with Crippen LogP contribution in [0.1, 0.15) is 38.3 Å². The summed E-state index contributed by atoms with van der Waals surface area (Å²) in [6, 6.07) is 10.2. The fourth-order valence-corrected chi connectivity index (χ4v) is 3.99. The molecule has 3 atom stereocenters. The molecule has 0 spiro atoms. The monoisotopic (exact) mass is 326 g/mol. The first-order valence-corrected chi connectivity index (χ1v) is 8.71. The third-order valence-corrected chi connectivity index (χ3v) is 5.21. The Bertz CT molecular complexity index is 662. The van der Waals surface area contributed by atoms with Gasteiger partial charge in [-0.05, 0) is 31.0 Å². The van der Waals surface area contributed by atoms with Crippen molar-refractivity contribution >= 4 is 5.96 Å². The van der Waals surface area contributed by atoms with E-state index in [0.29, 0.717) is 30.2 Å². The Morgan fingerprint density at radius 1 is 1.46 bits per heavy atom. The predicted octanol–water partition coefficient (Wildman–Crippen LogP) is 2.43. The van der Waals surface area contributed by atoms with Gasteiger partial charge in [0.2, 0.25) is 0 Å². The van der Waals surface area contributed by atoms with Crippen molar-refractivity contribution in [3.05, 3.63) is 35.4 Å². The van der Waals surface area contributed by atoms with Crippen LogP contribution in [0.3, 0.4) is 0 Å². The number of nitrogens with zero attached hydrogens (tertiary/aromatic N) is 2. The van der Waals surface area contributed by atoms with Gasteiger partial charge in [0.1, 0.15) is 0 Å². The smallest absolute Gasteiger partial charge is 0.191 e. The summed E-state index contributed by atoms with van der Waals surface area (Å²) in [6.45, 7) is 8.84. The second kappa shape index (κ2) is 6.82. The van der Waals surface area contributed by atoms with Crippen LogP contribution in [-0.4, -0.2) is 31.3 Å². The fraction of sp³-hybridized carbons (Fsp3) is 0.579. The van der Waals surface area contributed by atoms with E-state index >= 15 is 0 Å². The lowest BCUT2D eigenvalue weighted by atomic mass is 9.57. The minimum absolute atomic E-state index is 0.123. The first kappa shape index (κ1) is 16.8. The Kier molecular flexibility index (Phi) is 4.77. The van der Waals surface area contributed by atoms with Crippen LogP contribution >= 0.6 is 0 Å². The molecule has 0 aromatic heterocycles. The minimum atomic E-state index is 0.123. The van der Waals surface area contributed by atoms with E-state index < -0.39 is 0 Å². The Morgan fingerprint density at radius 2 is 2.29 bits per heavy atom. The number of fused-ring (bicyclic) bond motifs is 1. The summed E-state index contributed by atoms with van der Waals surface area (Å²) >= 11 is 0. The first-order valence-electron chi connectivity index (χ1n) is 8.71. The predicted molar refractivity (Wildman–Crippen MR) is 94.5 cm³/mol. The normalized spacial score (nSPS) is 27.8. The molecule has 1 aromatic rings. The SMILES string of the molecule is CCNC(=NCc1cccc(C#N)c1)NC1C2CCOC2C1(C)C. The molecule has 1 aliphatic carbocycles. The van der Waals surface area contributed by atoms with E-state index in [1.165, 1.54) is 0 Å². The topological polar surface area (TPSA) is 69.4 Å². The second-order valence-electron chi connectivity index (χ2n) is 7.19. The lowest BCUT2D eigenvalue weighted by Gasteiger charge is -2.54. The molecule has 2 N–H and O–H groups in total. The van der Waals surface area contributed by atoms with Crippen molar-refractivity contribution < 1.29 is 4.74 Å². The van der Waals surface area contributed by atoms with Crippen molar-refractivity contribution in [3.8, 4) is 6.07 Å². The quantitative estimate of drug-likeness (QED) is 0.658. The van der Waals surface area contributed by atoms with E-state index in [9.17, 15) is 0 Å². The van der Waals surface area contributed by atoms with Crippen LogP contribution in [0.2, 0.25) is 0 Å². The summed E-state index contributed by atoms with van der Waals surface area (Å²) in [7, 11) is 0. The summed E-state index contributed by atoms with van der Waals surface area (Å²) in [5, 5.41) is 15.9. The van der Waals surface area contributed by atoms with Gasteiger partial charge in [-0.2, -0.15) is 5.26 Å². The summed E-state index contributed by atoms with van der Waals surface area (Å²) in [6.07, 6.45) is 1.49. The molecular formula is C19H26N4O. The maximum Gasteiger partial charge on any atom is 0.191 e. The van der Waals surface area contributed by atoms with Crippen molar-refractivity contribution in [2.24, 2.45) is 16.3 Å². The highest BCUT2D eigenvalue weighted by molar-refractivity contribution is 5.80. The zero-order valence-electron chi connectivity index (χ0n) is 14.7. The van der Waals surface area contributed by atoms with Gasteiger partial charge in [-0.15, -0.1) is 0 Å². The second-order valence-corrected chi connectivity index (χ2v) is 7.19. The molecule has 1 heterocycles. The van der Waals surface area contributed by atoms with Gasteiger partial charge in [0.05, 0.1) is 24.3 Å². The van der Waals surface area contributed by atoms with E-state index in [4.69, 9.17) is 15.0 Å². The zero-order chi connectivity index (χ0) is 17.2. The van der Waals surface area contributed by atoms with Crippen LogP contribution < -0.4 is 10.6 Å². The van der Waals surface area contributed by atoms with E-state index in [-0.39, 0.29) is 5.41 Å².